The van der Waals surface area contributed by atoms with Crippen molar-refractivity contribution < 1.29 is 13.2 Å². The number of amides is 1. The molecule has 0 bridgehead atoms. The predicted molar refractivity (Wildman–Crippen MR) is 85.2 cm³/mol. The van der Waals surface area contributed by atoms with Gasteiger partial charge in [0.15, 0.2) is 9.84 Å². The van der Waals surface area contributed by atoms with E-state index >= 15 is 0 Å². The Morgan fingerprint density at radius 3 is 2.81 bits per heavy atom. The lowest BCUT2D eigenvalue weighted by molar-refractivity contribution is -0.118. The molecule has 0 saturated heterocycles. The topological polar surface area (TPSA) is 54.5 Å². The molecule has 1 aliphatic heterocycles. The molecule has 0 saturated carbocycles. The molecule has 21 heavy (non-hydrogen) atoms. The van der Waals surface area contributed by atoms with Crippen molar-refractivity contribution in [2.24, 2.45) is 0 Å². The summed E-state index contributed by atoms with van der Waals surface area (Å²) in [7, 11) is -3.45. The maximum absolute atomic E-state index is 12.6. The van der Waals surface area contributed by atoms with Gasteiger partial charge >= 0.3 is 0 Å². The summed E-state index contributed by atoms with van der Waals surface area (Å²) < 4.78 is 24.4. The van der Waals surface area contributed by atoms with E-state index in [2.05, 4.69) is 0 Å². The Morgan fingerprint density at radius 2 is 2.10 bits per heavy atom. The lowest BCUT2D eigenvalue weighted by Gasteiger charge is -2.31. The van der Waals surface area contributed by atoms with Gasteiger partial charge in [0.25, 0.3) is 0 Å². The Labute approximate surface area is 126 Å². The van der Waals surface area contributed by atoms with E-state index in [9.17, 15) is 13.2 Å². The van der Waals surface area contributed by atoms with Crippen LogP contribution in [0.5, 0.6) is 0 Å². The highest BCUT2D eigenvalue weighted by molar-refractivity contribution is 7.92. The van der Waals surface area contributed by atoms with Crippen LogP contribution in [0.4, 0.5) is 5.69 Å². The predicted octanol–water partition coefficient (Wildman–Crippen LogP) is 2.35. The third-order valence-corrected chi connectivity index (χ3v) is 5.76. The van der Waals surface area contributed by atoms with Crippen molar-refractivity contribution in [3.63, 3.8) is 0 Å². The fraction of sp³-hybridized carbons (Fsp3) is 0.438. The average molecular weight is 307 g/mol. The standard InChI is InChI=1S/C16H21NO3S/c1-3-4-12-21(19,20)13(2)16(18)17-11-7-9-14-8-5-6-10-15(14)17/h3-6,8,10,13H,7,9,11-12H2,1-2H3/b4-3+. The van der Waals surface area contributed by atoms with E-state index in [-0.39, 0.29) is 11.7 Å². The number of para-hydroxylation sites is 1. The van der Waals surface area contributed by atoms with Gasteiger partial charge in [-0.25, -0.2) is 8.42 Å². The Balaban J connectivity index is 2.25. The third kappa shape index (κ3) is 3.35. The van der Waals surface area contributed by atoms with E-state index in [1.54, 1.807) is 24.0 Å². The fourth-order valence-corrected chi connectivity index (χ4v) is 3.69. The maximum Gasteiger partial charge on any atom is 0.245 e. The first-order valence-electron chi connectivity index (χ1n) is 7.19. The van der Waals surface area contributed by atoms with Crippen LogP contribution in [-0.2, 0) is 21.1 Å². The summed E-state index contributed by atoms with van der Waals surface area (Å²) >= 11 is 0. The van der Waals surface area contributed by atoms with E-state index in [4.69, 9.17) is 0 Å². The first-order valence-corrected chi connectivity index (χ1v) is 8.91. The van der Waals surface area contributed by atoms with Gasteiger partial charge in [-0.15, -0.1) is 0 Å². The second-order valence-corrected chi connectivity index (χ2v) is 7.63. The molecule has 0 fully saturated rings. The summed E-state index contributed by atoms with van der Waals surface area (Å²) in [5, 5.41) is -1.01. The highest BCUT2D eigenvalue weighted by Gasteiger charge is 2.33. The number of anilines is 1. The van der Waals surface area contributed by atoms with Crippen LogP contribution in [0.25, 0.3) is 0 Å². The van der Waals surface area contributed by atoms with Crippen LogP contribution in [0.1, 0.15) is 25.8 Å². The minimum atomic E-state index is -3.45. The molecule has 2 rings (SSSR count). The van der Waals surface area contributed by atoms with E-state index in [0.29, 0.717) is 6.54 Å². The molecule has 1 amide bonds. The monoisotopic (exact) mass is 307 g/mol. The minimum Gasteiger partial charge on any atom is -0.311 e. The van der Waals surface area contributed by atoms with Gasteiger partial charge in [-0.2, -0.15) is 0 Å². The zero-order valence-electron chi connectivity index (χ0n) is 12.5. The number of sulfone groups is 1. The summed E-state index contributed by atoms with van der Waals surface area (Å²) in [6.45, 7) is 3.83. The van der Waals surface area contributed by atoms with E-state index in [1.165, 1.54) is 6.92 Å². The number of nitrogens with zero attached hydrogens (tertiary/aromatic N) is 1. The number of carbonyl (C=O) groups is 1. The number of aryl methyl sites for hydroxylation is 1. The molecular weight excluding hydrogens is 286 g/mol. The number of hydrogen-bond donors (Lipinski definition) is 0. The van der Waals surface area contributed by atoms with Gasteiger partial charge in [-0.3, -0.25) is 4.79 Å². The number of allylic oxidation sites excluding steroid dienone is 1. The van der Waals surface area contributed by atoms with Gasteiger partial charge in [0, 0.05) is 12.2 Å². The van der Waals surface area contributed by atoms with Crippen molar-refractivity contribution >= 4 is 21.4 Å². The first-order chi connectivity index (χ1) is 9.97. The minimum absolute atomic E-state index is 0.0914. The Morgan fingerprint density at radius 1 is 1.38 bits per heavy atom. The third-order valence-electron chi connectivity index (χ3n) is 3.83. The molecule has 0 N–H and O–H groups in total. The number of hydrogen-bond acceptors (Lipinski definition) is 3. The highest BCUT2D eigenvalue weighted by Crippen LogP contribution is 2.28. The lowest BCUT2D eigenvalue weighted by Crippen LogP contribution is -2.44. The summed E-state index contributed by atoms with van der Waals surface area (Å²) in [6, 6.07) is 7.70. The largest absolute Gasteiger partial charge is 0.311 e. The van der Waals surface area contributed by atoms with Gasteiger partial charge in [0.05, 0.1) is 5.75 Å². The smallest absolute Gasteiger partial charge is 0.245 e. The zero-order valence-corrected chi connectivity index (χ0v) is 13.3. The molecule has 5 heteroatoms. The molecule has 1 unspecified atom stereocenters. The van der Waals surface area contributed by atoms with Gasteiger partial charge in [0.2, 0.25) is 5.91 Å². The number of benzene rings is 1. The molecule has 0 spiro atoms. The van der Waals surface area contributed by atoms with Crippen LogP contribution in [0.2, 0.25) is 0 Å². The van der Waals surface area contributed by atoms with Gasteiger partial charge < -0.3 is 4.90 Å². The van der Waals surface area contributed by atoms with E-state index in [1.807, 2.05) is 24.3 Å². The normalized spacial score (nSPS) is 16.8. The lowest BCUT2D eigenvalue weighted by atomic mass is 10.0. The fourth-order valence-electron chi connectivity index (χ4n) is 2.51. The second kappa shape index (κ2) is 6.43. The second-order valence-electron chi connectivity index (χ2n) is 5.26. The SMILES string of the molecule is C/C=C/CS(=O)(=O)C(C)C(=O)N1CCCc2ccccc21. The van der Waals surface area contributed by atoms with Crippen molar-refractivity contribution in [1.82, 2.24) is 0 Å². The maximum atomic E-state index is 12.6. The molecule has 114 valence electrons. The highest BCUT2D eigenvalue weighted by atomic mass is 32.2. The summed E-state index contributed by atoms with van der Waals surface area (Å²) in [4.78, 5) is 14.2. The molecule has 1 aliphatic rings. The summed E-state index contributed by atoms with van der Waals surface area (Å²) in [5.74, 6) is -0.419. The van der Waals surface area contributed by atoms with Gasteiger partial charge in [0.1, 0.15) is 5.25 Å². The van der Waals surface area contributed by atoms with Crippen LogP contribution in [0.3, 0.4) is 0 Å². The van der Waals surface area contributed by atoms with Crippen LogP contribution >= 0.6 is 0 Å². The zero-order chi connectivity index (χ0) is 15.5. The average Bonchev–Trinajstić information content (AvgIpc) is 2.51. The number of rotatable bonds is 4. The molecule has 0 aromatic heterocycles. The van der Waals surface area contributed by atoms with Crippen LogP contribution in [0.15, 0.2) is 36.4 Å². The van der Waals surface area contributed by atoms with E-state index in [0.717, 1.165) is 24.1 Å². The van der Waals surface area contributed by atoms with E-state index < -0.39 is 15.1 Å². The molecule has 1 heterocycles. The van der Waals surface area contributed by atoms with Crippen molar-refractivity contribution in [2.75, 3.05) is 17.2 Å². The van der Waals surface area contributed by atoms with Crippen molar-refractivity contribution in [3.8, 4) is 0 Å². The molecule has 4 nitrogen and oxygen atoms in total. The van der Waals surface area contributed by atoms with Crippen LogP contribution in [-0.4, -0.2) is 31.9 Å². The summed E-state index contributed by atoms with van der Waals surface area (Å²) in [5.41, 5.74) is 1.96. The molecular formula is C16H21NO3S. The van der Waals surface area contributed by atoms with Crippen LogP contribution in [0, 0.1) is 0 Å². The van der Waals surface area contributed by atoms with Crippen molar-refractivity contribution in [3.05, 3.63) is 42.0 Å². The van der Waals surface area contributed by atoms with Crippen LogP contribution < -0.4 is 4.90 Å². The molecule has 1 aromatic rings. The quantitative estimate of drug-likeness (QED) is 0.802. The first kappa shape index (κ1) is 15.8. The summed E-state index contributed by atoms with van der Waals surface area (Å²) in [6.07, 6.45) is 5.05. The molecule has 0 radical (unpaired) electrons. The molecule has 1 atom stereocenters. The van der Waals surface area contributed by atoms with Crippen molar-refractivity contribution in [1.29, 1.82) is 0 Å². The number of fused-ring (bicyclic) bond motifs is 1. The van der Waals surface area contributed by atoms with Gasteiger partial charge in [-0.1, -0.05) is 30.4 Å². The Hall–Kier alpha value is -1.62. The Bertz CT molecular complexity index is 649. The number of carbonyl (C=O) groups excluding carboxylic acids is 1. The van der Waals surface area contributed by atoms with Gasteiger partial charge in [-0.05, 0) is 38.3 Å². The molecule has 1 aromatic carbocycles. The molecule has 0 aliphatic carbocycles. The Kier molecular flexibility index (Phi) is 4.83. The van der Waals surface area contributed by atoms with Crippen molar-refractivity contribution in [2.45, 2.75) is 31.9 Å².